The maximum absolute atomic E-state index is 12.7. The molecule has 8 nitrogen and oxygen atoms in total. The van der Waals surface area contributed by atoms with E-state index in [2.05, 4.69) is 30.3 Å². The highest BCUT2D eigenvalue weighted by Gasteiger charge is 2.27. The number of anilines is 1. The van der Waals surface area contributed by atoms with Gasteiger partial charge in [-0.1, -0.05) is 16.8 Å². The number of carbonyl (C=O) groups excluding carboxylic acids is 1. The predicted molar refractivity (Wildman–Crippen MR) is 129 cm³/mol. The molecule has 0 aliphatic carbocycles. The number of amides is 1. The summed E-state index contributed by atoms with van der Waals surface area (Å²) in [5.74, 6) is 1.74. The Hall–Kier alpha value is -3.78. The third kappa shape index (κ3) is 4.92. The molecule has 0 radical (unpaired) electrons. The number of hydrogen-bond donors (Lipinski definition) is 1. The smallest absolute Gasteiger partial charge is 0.261 e. The minimum atomic E-state index is -0.0230. The summed E-state index contributed by atoms with van der Waals surface area (Å²) in [6.45, 7) is 1.95. The van der Waals surface area contributed by atoms with Crippen LogP contribution in [0.1, 0.15) is 18.4 Å². The largest absolute Gasteiger partial charge is 0.356 e. The number of benzene rings is 1. The summed E-state index contributed by atoms with van der Waals surface area (Å²) in [7, 11) is 0. The molecule has 1 aliphatic heterocycles. The monoisotopic (exact) mass is 474 g/mol. The number of pyridine rings is 2. The number of nitrogens with one attached hydrogen (secondary N) is 1. The first-order valence-corrected chi connectivity index (χ1v) is 11.5. The summed E-state index contributed by atoms with van der Waals surface area (Å²) in [6, 6.07) is 14.9. The Bertz CT molecular complexity index is 1250. The molecular weight excluding hydrogens is 452 g/mol. The van der Waals surface area contributed by atoms with Crippen LogP contribution in [0.4, 0.5) is 5.82 Å². The van der Waals surface area contributed by atoms with E-state index >= 15 is 0 Å². The molecule has 172 valence electrons. The average Bonchev–Trinajstić information content (AvgIpc) is 3.39. The number of nitrogens with zero attached hydrogens (tertiary/aromatic N) is 5. The molecule has 5 rings (SSSR count). The van der Waals surface area contributed by atoms with E-state index in [0.29, 0.717) is 23.3 Å². The van der Waals surface area contributed by atoms with E-state index < -0.39 is 0 Å². The number of hydrogen-bond acceptors (Lipinski definition) is 7. The van der Waals surface area contributed by atoms with Gasteiger partial charge in [0.1, 0.15) is 5.82 Å². The van der Waals surface area contributed by atoms with Gasteiger partial charge in [0.25, 0.3) is 5.89 Å². The second-order valence-corrected chi connectivity index (χ2v) is 8.58. The Kier molecular flexibility index (Phi) is 6.49. The highest BCUT2D eigenvalue weighted by atomic mass is 35.5. The lowest BCUT2D eigenvalue weighted by Gasteiger charge is -2.32. The van der Waals surface area contributed by atoms with E-state index in [9.17, 15) is 4.79 Å². The van der Waals surface area contributed by atoms with Gasteiger partial charge in [-0.3, -0.25) is 9.78 Å². The van der Waals surface area contributed by atoms with Gasteiger partial charge < -0.3 is 14.7 Å². The number of rotatable bonds is 6. The van der Waals surface area contributed by atoms with Gasteiger partial charge in [-0.15, -0.1) is 0 Å². The molecule has 1 fully saturated rings. The van der Waals surface area contributed by atoms with Crippen LogP contribution in [0.15, 0.2) is 71.6 Å². The van der Waals surface area contributed by atoms with Gasteiger partial charge in [-0.2, -0.15) is 4.98 Å². The molecule has 4 aromatic rings. The Morgan fingerprint density at radius 2 is 1.82 bits per heavy atom. The standard InChI is InChI=1S/C25H23ClN6O2/c26-20-5-3-18(4-6-20)22-30-25(34-31-22)21-2-1-11-28-23(21)32-14-9-19(10-15-32)24(33)29-16-17-7-12-27-13-8-17/h1-8,11-13,19H,9-10,14-16H2,(H,29,33). The number of aromatic nitrogens is 4. The van der Waals surface area contributed by atoms with Crippen molar-refractivity contribution in [1.82, 2.24) is 25.4 Å². The Balaban J connectivity index is 1.25. The van der Waals surface area contributed by atoms with Crippen molar-refractivity contribution in [3.8, 4) is 22.8 Å². The van der Waals surface area contributed by atoms with Crippen molar-refractivity contribution < 1.29 is 9.32 Å². The van der Waals surface area contributed by atoms with Crippen LogP contribution in [0, 0.1) is 5.92 Å². The minimum Gasteiger partial charge on any atom is -0.356 e. The third-order valence-corrected chi connectivity index (χ3v) is 6.18. The summed E-state index contributed by atoms with van der Waals surface area (Å²) in [5.41, 5.74) is 2.63. The molecule has 0 saturated carbocycles. The average molecular weight is 475 g/mol. The number of piperidine rings is 1. The van der Waals surface area contributed by atoms with Crippen LogP contribution in [0.3, 0.4) is 0 Å². The van der Waals surface area contributed by atoms with Crippen LogP contribution in [0.2, 0.25) is 5.02 Å². The summed E-state index contributed by atoms with van der Waals surface area (Å²) in [5, 5.41) is 7.82. The molecule has 9 heteroatoms. The van der Waals surface area contributed by atoms with Crippen LogP contribution < -0.4 is 10.2 Å². The molecule has 0 spiro atoms. The fraction of sp³-hybridized carbons (Fsp3) is 0.240. The first-order chi connectivity index (χ1) is 16.7. The predicted octanol–water partition coefficient (Wildman–Crippen LogP) is 4.38. The second kappa shape index (κ2) is 10.0. The fourth-order valence-electron chi connectivity index (χ4n) is 4.05. The van der Waals surface area contributed by atoms with Gasteiger partial charge in [0.15, 0.2) is 0 Å². The number of carbonyl (C=O) groups is 1. The molecular formula is C25H23ClN6O2. The number of halogens is 1. The molecule has 1 N–H and O–H groups in total. The van der Waals surface area contributed by atoms with Crippen LogP contribution in [0.5, 0.6) is 0 Å². The summed E-state index contributed by atoms with van der Waals surface area (Å²) < 4.78 is 5.57. The SMILES string of the molecule is O=C(NCc1ccncc1)C1CCN(c2ncccc2-c2nc(-c3ccc(Cl)cc3)no2)CC1. The lowest BCUT2D eigenvalue weighted by atomic mass is 9.95. The van der Waals surface area contributed by atoms with Gasteiger partial charge in [0, 0.05) is 54.7 Å². The van der Waals surface area contributed by atoms with Crippen molar-refractivity contribution in [1.29, 1.82) is 0 Å². The maximum atomic E-state index is 12.7. The zero-order valence-electron chi connectivity index (χ0n) is 18.4. The normalized spacial score (nSPS) is 14.2. The topological polar surface area (TPSA) is 97.0 Å². The van der Waals surface area contributed by atoms with E-state index in [4.69, 9.17) is 16.1 Å². The Labute approximate surface area is 202 Å². The quantitative estimate of drug-likeness (QED) is 0.443. The summed E-state index contributed by atoms with van der Waals surface area (Å²) in [4.78, 5) is 28.0. The molecule has 0 atom stereocenters. The van der Waals surface area contributed by atoms with Crippen LogP contribution in [0.25, 0.3) is 22.8 Å². The lowest BCUT2D eigenvalue weighted by molar-refractivity contribution is -0.125. The zero-order valence-corrected chi connectivity index (χ0v) is 19.2. The summed E-state index contributed by atoms with van der Waals surface area (Å²) in [6.07, 6.45) is 6.71. The molecule has 1 aliphatic rings. The minimum absolute atomic E-state index is 0.0230. The van der Waals surface area contributed by atoms with Gasteiger partial charge >= 0.3 is 0 Å². The van der Waals surface area contributed by atoms with Gasteiger partial charge in [0.05, 0.1) is 5.56 Å². The molecule has 0 unspecified atom stereocenters. The van der Waals surface area contributed by atoms with E-state index in [0.717, 1.165) is 48.4 Å². The van der Waals surface area contributed by atoms with Gasteiger partial charge in [-0.05, 0) is 66.9 Å². The third-order valence-electron chi connectivity index (χ3n) is 5.93. The van der Waals surface area contributed by atoms with E-state index in [1.165, 1.54) is 0 Å². The first-order valence-electron chi connectivity index (χ1n) is 11.1. The molecule has 3 aromatic heterocycles. The lowest BCUT2D eigenvalue weighted by Crippen LogP contribution is -2.40. The van der Waals surface area contributed by atoms with Crippen molar-refractivity contribution in [3.63, 3.8) is 0 Å². The van der Waals surface area contributed by atoms with Crippen molar-refractivity contribution in [3.05, 3.63) is 77.7 Å². The molecule has 1 saturated heterocycles. The van der Waals surface area contributed by atoms with Crippen LogP contribution >= 0.6 is 11.6 Å². The molecule has 1 amide bonds. The van der Waals surface area contributed by atoms with Gasteiger partial charge in [-0.25, -0.2) is 4.98 Å². The maximum Gasteiger partial charge on any atom is 0.261 e. The Morgan fingerprint density at radius 3 is 2.59 bits per heavy atom. The zero-order chi connectivity index (χ0) is 23.3. The van der Waals surface area contributed by atoms with Crippen molar-refractivity contribution >= 4 is 23.3 Å². The first kappa shape index (κ1) is 22.0. The van der Waals surface area contributed by atoms with Gasteiger partial charge in [0.2, 0.25) is 11.7 Å². The summed E-state index contributed by atoms with van der Waals surface area (Å²) >= 11 is 5.98. The van der Waals surface area contributed by atoms with Crippen molar-refractivity contribution in [2.75, 3.05) is 18.0 Å². The molecule has 34 heavy (non-hydrogen) atoms. The Morgan fingerprint density at radius 1 is 1.06 bits per heavy atom. The van der Waals surface area contributed by atoms with E-state index in [1.54, 1.807) is 30.7 Å². The molecule has 0 bridgehead atoms. The van der Waals surface area contributed by atoms with Crippen molar-refractivity contribution in [2.45, 2.75) is 19.4 Å². The second-order valence-electron chi connectivity index (χ2n) is 8.14. The molecule has 4 heterocycles. The van der Waals surface area contributed by atoms with Crippen molar-refractivity contribution in [2.24, 2.45) is 5.92 Å². The molecule has 1 aromatic carbocycles. The van der Waals surface area contributed by atoms with E-state index in [-0.39, 0.29) is 11.8 Å². The highest BCUT2D eigenvalue weighted by molar-refractivity contribution is 6.30. The fourth-order valence-corrected chi connectivity index (χ4v) is 4.18. The van der Waals surface area contributed by atoms with E-state index in [1.807, 2.05) is 36.4 Å². The van der Waals surface area contributed by atoms with Crippen LogP contribution in [-0.2, 0) is 11.3 Å². The highest BCUT2D eigenvalue weighted by Crippen LogP contribution is 2.32. The van der Waals surface area contributed by atoms with Crippen LogP contribution in [-0.4, -0.2) is 39.1 Å².